The molecule has 1 aromatic carbocycles. The van der Waals surface area contributed by atoms with Gasteiger partial charge >= 0.3 is 5.97 Å². The van der Waals surface area contributed by atoms with Gasteiger partial charge in [0.1, 0.15) is 10.9 Å². The van der Waals surface area contributed by atoms with Gasteiger partial charge < -0.3 is 4.74 Å². The molecule has 0 amide bonds. The van der Waals surface area contributed by atoms with Crippen LogP contribution in [0.3, 0.4) is 0 Å². The first-order valence-corrected chi connectivity index (χ1v) is 9.75. The monoisotopic (exact) mass is 401 g/mol. The van der Waals surface area contributed by atoms with Crippen LogP contribution in [0.1, 0.15) is 32.7 Å². The second kappa shape index (κ2) is 8.30. The highest BCUT2D eigenvalue weighted by molar-refractivity contribution is 7.17. The summed E-state index contributed by atoms with van der Waals surface area (Å²) in [4.78, 5) is 40.9. The number of nitro groups is 1. The van der Waals surface area contributed by atoms with Crippen LogP contribution in [-0.2, 0) is 9.53 Å². The van der Waals surface area contributed by atoms with Gasteiger partial charge in [0.05, 0.1) is 23.2 Å². The van der Waals surface area contributed by atoms with Crippen LogP contribution in [0, 0.1) is 10.1 Å². The van der Waals surface area contributed by atoms with Crippen LogP contribution in [0.2, 0.25) is 0 Å². The van der Waals surface area contributed by atoms with Crippen LogP contribution in [0.4, 0.5) is 5.69 Å². The zero-order chi connectivity index (χ0) is 20.3. The Hall–Kier alpha value is -3.07. The quantitative estimate of drug-likeness (QED) is 0.337. The second-order valence-electron chi connectivity index (χ2n) is 6.19. The Morgan fingerprint density at radius 2 is 2.18 bits per heavy atom. The number of ether oxygens (including phenoxy) is 1. The third kappa shape index (κ3) is 3.65. The van der Waals surface area contributed by atoms with E-state index in [2.05, 4.69) is 4.98 Å². The van der Waals surface area contributed by atoms with E-state index in [1.54, 1.807) is 24.4 Å². The van der Waals surface area contributed by atoms with E-state index in [1.807, 2.05) is 6.92 Å². The first kappa shape index (κ1) is 19.7. The van der Waals surface area contributed by atoms with Crippen molar-refractivity contribution in [3.63, 3.8) is 0 Å². The fraction of sp³-hybridized carbons (Fsp3) is 0.316. The zero-order valence-electron chi connectivity index (χ0n) is 15.5. The average molecular weight is 401 g/mol. The molecular formula is C19H19N3O5S. The summed E-state index contributed by atoms with van der Waals surface area (Å²) in [6, 6.07) is 5.33. The zero-order valence-corrected chi connectivity index (χ0v) is 16.3. The first-order chi connectivity index (χ1) is 13.5. The molecule has 0 saturated heterocycles. The molecule has 2 heterocycles. The van der Waals surface area contributed by atoms with Crippen molar-refractivity contribution in [3.05, 3.63) is 56.4 Å². The Morgan fingerprint density at radius 3 is 2.86 bits per heavy atom. The molecule has 2 aromatic heterocycles. The molecule has 3 aromatic rings. The molecular weight excluding hydrogens is 382 g/mol. The number of carbonyl (C=O) groups is 1. The SMILES string of the molecule is CCCOC(=O)[C@H](CC)n1cnc2scc(-c3cccc([N+](=O)[O-])c3)c2c1=O. The minimum atomic E-state index is -0.770. The maximum atomic E-state index is 13.2. The van der Waals surface area contributed by atoms with Crippen molar-refractivity contribution in [2.75, 3.05) is 6.61 Å². The lowest BCUT2D eigenvalue weighted by Gasteiger charge is -2.16. The molecule has 1 atom stereocenters. The van der Waals surface area contributed by atoms with E-state index in [-0.39, 0.29) is 17.9 Å². The number of benzene rings is 1. The number of hydrogen-bond acceptors (Lipinski definition) is 7. The van der Waals surface area contributed by atoms with Crippen LogP contribution >= 0.6 is 11.3 Å². The van der Waals surface area contributed by atoms with Gasteiger partial charge in [0.25, 0.3) is 11.2 Å². The van der Waals surface area contributed by atoms with Gasteiger partial charge in [0.2, 0.25) is 0 Å². The Labute approximate surface area is 164 Å². The normalized spacial score (nSPS) is 12.1. The first-order valence-electron chi connectivity index (χ1n) is 8.87. The highest BCUT2D eigenvalue weighted by Gasteiger charge is 2.24. The van der Waals surface area contributed by atoms with Gasteiger partial charge in [0, 0.05) is 23.1 Å². The van der Waals surface area contributed by atoms with Gasteiger partial charge in [-0.1, -0.05) is 26.0 Å². The maximum absolute atomic E-state index is 13.2. The molecule has 0 aliphatic heterocycles. The van der Waals surface area contributed by atoms with Crippen molar-refractivity contribution in [1.29, 1.82) is 0 Å². The van der Waals surface area contributed by atoms with Crippen molar-refractivity contribution in [3.8, 4) is 11.1 Å². The number of nitrogens with zero attached hydrogens (tertiary/aromatic N) is 3. The number of esters is 1. The Morgan fingerprint density at radius 1 is 1.39 bits per heavy atom. The molecule has 3 rings (SSSR count). The molecule has 0 bridgehead atoms. The fourth-order valence-electron chi connectivity index (χ4n) is 2.94. The van der Waals surface area contributed by atoms with Crippen molar-refractivity contribution < 1.29 is 14.5 Å². The molecule has 0 unspecified atom stereocenters. The van der Waals surface area contributed by atoms with Crippen LogP contribution in [-0.4, -0.2) is 27.1 Å². The molecule has 0 spiro atoms. The van der Waals surface area contributed by atoms with Gasteiger partial charge in [-0.3, -0.25) is 19.5 Å². The van der Waals surface area contributed by atoms with Crippen LogP contribution in [0.5, 0.6) is 0 Å². The summed E-state index contributed by atoms with van der Waals surface area (Å²) in [7, 11) is 0. The number of non-ortho nitro benzene ring substituents is 1. The molecule has 0 fully saturated rings. The predicted molar refractivity (Wildman–Crippen MR) is 107 cm³/mol. The lowest BCUT2D eigenvalue weighted by molar-refractivity contribution is -0.384. The lowest BCUT2D eigenvalue weighted by atomic mass is 10.1. The highest BCUT2D eigenvalue weighted by atomic mass is 32.1. The number of thiophene rings is 1. The number of rotatable bonds is 7. The number of fused-ring (bicyclic) bond motifs is 1. The van der Waals surface area contributed by atoms with Crippen molar-refractivity contribution in [1.82, 2.24) is 9.55 Å². The Balaban J connectivity index is 2.12. The van der Waals surface area contributed by atoms with E-state index in [0.717, 1.165) is 0 Å². The highest BCUT2D eigenvalue weighted by Crippen LogP contribution is 2.32. The average Bonchev–Trinajstić information content (AvgIpc) is 3.13. The third-order valence-electron chi connectivity index (χ3n) is 4.33. The minimum Gasteiger partial charge on any atom is -0.464 e. The standard InChI is InChI=1S/C19H19N3O5S/c1-3-8-27-19(24)15(4-2)21-11-20-17-16(18(21)23)14(10-28-17)12-6-5-7-13(9-12)22(25)26/h5-7,9-11,15H,3-4,8H2,1-2H3/t15-/m0/s1. The molecule has 28 heavy (non-hydrogen) atoms. The molecule has 9 heteroatoms. The summed E-state index contributed by atoms with van der Waals surface area (Å²) in [5.41, 5.74) is 0.690. The molecule has 0 aliphatic carbocycles. The largest absolute Gasteiger partial charge is 0.464 e. The van der Waals surface area contributed by atoms with Crippen LogP contribution in [0.15, 0.2) is 40.8 Å². The van der Waals surface area contributed by atoms with E-state index >= 15 is 0 Å². The number of nitro benzene ring substituents is 1. The van der Waals surface area contributed by atoms with Gasteiger partial charge in [-0.25, -0.2) is 9.78 Å². The fourth-order valence-corrected chi connectivity index (χ4v) is 3.85. The Bertz CT molecular complexity index is 1090. The molecule has 8 nitrogen and oxygen atoms in total. The Kier molecular flexibility index (Phi) is 5.84. The molecule has 0 saturated carbocycles. The number of hydrogen-bond donors (Lipinski definition) is 0. The third-order valence-corrected chi connectivity index (χ3v) is 5.22. The smallest absolute Gasteiger partial charge is 0.329 e. The maximum Gasteiger partial charge on any atom is 0.329 e. The number of aromatic nitrogens is 2. The van der Waals surface area contributed by atoms with E-state index in [0.29, 0.717) is 34.2 Å². The van der Waals surface area contributed by atoms with E-state index in [4.69, 9.17) is 4.74 Å². The van der Waals surface area contributed by atoms with Crippen molar-refractivity contribution in [2.45, 2.75) is 32.7 Å². The summed E-state index contributed by atoms with van der Waals surface area (Å²) < 4.78 is 6.49. The van der Waals surface area contributed by atoms with Gasteiger partial charge in [-0.15, -0.1) is 11.3 Å². The summed E-state index contributed by atoms with van der Waals surface area (Å²) in [5.74, 6) is -0.472. The van der Waals surface area contributed by atoms with Crippen molar-refractivity contribution >= 4 is 33.2 Å². The lowest BCUT2D eigenvalue weighted by Crippen LogP contribution is -2.31. The predicted octanol–water partition coefficient (Wildman–Crippen LogP) is 3.94. The topological polar surface area (TPSA) is 104 Å². The molecule has 0 aliphatic rings. The van der Waals surface area contributed by atoms with Crippen LogP contribution in [0.25, 0.3) is 21.3 Å². The summed E-state index contributed by atoms with van der Waals surface area (Å²) in [6.07, 6.45) is 2.43. The van der Waals surface area contributed by atoms with Crippen molar-refractivity contribution in [2.24, 2.45) is 0 Å². The van der Waals surface area contributed by atoms with E-state index < -0.39 is 16.9 Å². The molecule has 0 N–H and O–H groups in total. The van der Waals surface area contributed by atoms with Gasteiger partial charge in [0.15, 0.2) is 0 Å². The summed E-state index contributed by atoms with van der Waals surface area (Å²) in [6.45, 7) is 3.98. The second-order valence-corrected chi connectivity index (χ2v) is 7.04. The number of carbonyl (C=O) groups excluding carboxylic acids is 1. The molecule has 146 valence electrons. The van der Waals surface area contributed by atoms with Crippen LogP contribution < -0.4 is 5.56 Å². The van der Waals surface area contributed by atoms with Gasteiger partial charge in [-0.05, 0) is 18.4 Å². The summed E-state index contributed by atoms with van der Waals surface area (Å²) >= 11 is 1.28. The minimum absolute atomic E-state index is 0.0596. The molecule has 0 radical (unpaired) electrons. The summed E-state index contributed by atoms with van der Waals surface area (Å²) in [5, 5.41) is 13.2. The van der Waals surface area contributed by atoms with E-state index in [1.165, 1.54) is 34.4 Å². The van der Waals surface area contributed by atoms with Gasteiger partial charge in [-0.2, -0.15) is 0 Å². The van der Waals surface area contributed by atoms with E-state index in [9.17, 15) is 19.7 Å².